The second-order valence-electron chi connectivity index (χ2n) is 8.77. The molecule has 1 fully saturated rings. The average molecular weight is 478 g/mol. The van der Waals surface area contributed by atoms with Crippen LogP contribution in [-0.4, -0.2) is 33.6 Å². The number of anilines is 2. The molecule has 34 heavy (non-hydrogen) atoms. The van der Waals surface area contributed by atoms with Gasteiger partial charge < -0.3 is 10.2 Å². The molecule has 5 rings (SSSR count). The first-order valence-electron chi connectivity index (χ1n) is 11.3. The lowest BCUT2D eigenvalue weighted by molar-refractivity contribution is -0.120. The number of rotatable bonds is 4. The van der Waals surface area contributed by atoms with E-state index in [4.69, 9.17) is 16.7 Å². The number of fused-ring (bicyclic) bond motifs is 1. The van der Waals surface area contributed by atoms with Gasteiger partial charge in [-0.15, -0.1) is 0 Å². The number of carbonyl (C=O) groups excluding carboxylic acids is 1. The number of aryl methyl sites for hydroxylation is 2. The van der Waals surface area contributed by atoms with Gasteiger partial charge in [-0.2, -0.15) is 9.61 Å². The van der Waals surface area contributed by atoms with Crippen molar-refractivity contribution in [2.24, 2.45) is 5.92 Å². The molecule has 1 aliphatic heterocycles. The van der Waals surface area contributed by atoms with Gasteiger partial charge in [-0.05, 0) is 68.7 Å². The van der Waals surface area contributed by atoms with Gasteiger partial charge in [0.2, 0.25) is 5.91 Å². The molecule has 0 aliphatic carbocycles. The molecule has 1 saturated heterocycles. The molecule has 0 unspecified atom stereocenters. The van der Waals surface area contributed by atoms with Crippen LogP contribution in [0.3, 0.4) is 0 Å². The Balaban J connectivity index is 1.33. The number of benzene rings is 2. The minimum atomic E-state index is -0.278. The molecule has 0 saturated carbocycles. The Kier molecular flexibility index (Phi) is 5.96. The molecule has 174 valence electrons. The smallest absolute Gasteiger partial charge is 0.227 e. The Bertz CT molecular complexity index is 1360. The topological polar surface area (TPSA) is 62.5 Å². The van der Waals surface area contributed by atoms with Gasteiger partial charge in [-0.25, -0.2) is 9.37 Å². The molecule has 1 aliphatic rings. The Morgan fingerprint density at radius 1 is 1.06 bits per heavy atom. The van der Waals surface area contributed by atoms with Crippen molar-refractivity contribution in [3.63, 3.8) is 0 Å². The third kappa shape index (κ3) is 4.48. The van der Waals surface area contributed by atoms with Crippen molar-refractivity contribution in [3.05, 3.63) is 76.7 Å². The highest BCUT2D eigenvalue weighted by Gasteiger charge is 2.27. The summed E-state index contributed by atoms with van der Waals surface area (Å²) in [5.41, 5.74) is 4.96. The number of halogens is 2. The van der Waals surface area contributed by atoms with Gasteiger partial charge >= 0.3 is 0 Å². The van der Waals surface area contributed by atoms with E-state index in [9.17, 15) is 9.18 Å². The molecule has 0 radical (unpaired) electrons. The molecule has 2 aromatic carbocycles. The number of piperidine rings is 1. The molecule has 8 heteroatoms. The molecule has 4 aromatic rings. The van der Waals surface area contributed by atoms with Crippen molar-refractivity contribution in [3.8, 4) is 11.3 Å². The lowest BCUT2D eigenvalue weighted by atomic mass is 9.95. The van der Waals surface area contributed by atoms with Crippen LogP contribution in [0.15, 0.2) is 54.6 Å². The van der Waals surface area contributed by atoms with E-state index in [2.05, 4.69) is 15.2 Å². The summed E-state index contributed by atoms with van der Waals surface area (Å²) in [6, 6.07) is 15.7. The monoisotopic (exact) mass is 477 g/mol. The van der Waals surface area contributed by atoms with Crippen LogP contribution in [0, 0.1) is 25.6 Å². The van der Waals surface area contributed by atoms with Crippen LogP contribution in [0.5, 0.6) is 0 Å². The Morgan fingerprint density at radius 2 is 1.79 bits per heavy atom. The molecule has 3 heterocycles. The normalized spacial score (nSPS) is 14.5. The maximum absolute atomic E-state index is 13.3. The Hall–Kier alpha value is -3.45. The van der Waals surface area contributed by atoms with E-state index in [1.165, 1.54) is 12.1 Å². The fraction of sp³-hybridized carbons (Fsp3) is 0.269. The van der Waals surface area contributed by atoms with Gasteiger partial charge in [0.05, 0.1) is 5.69 Å². The van der Waals surface area contributed by atoms with Crippen molar-refractivity contribution in [2.45, 2.75) is 26.7 Å². The molecular formula is C26H25ClFN5O. The predicted molar refractivity (Wildman–Crippen MR) is 133 cm³/mol. The van der Waals surface area contributed by atoms with E-state index < -0.39 is 0 Å². The number of hydrogen-bond donors (Lipinski definition) is 1. The van der Waals surface area contributed by atoms with Crippen LogP contribution in [0.25, 0.3) is 16.9 Å². The van der Waals surface area contributed by atoms with E-state index >= 15 is 0 Å². The van der Waals surface area contributed by atoms with E-state index in [1.54, 1.807) is 18.2 Å². The van der Waals surface area contributed by atoms with Crippen LogP contribution in [0.2, 0.25) is 5.02 Å². The van der Waals surface area contributed by atoms with Crippen molar-refractivity contribution in [1.82, 2.24) is 14.6 Å². The van der Waals surface area contributed by atoms with Gasteiger partial charge in [-0.3, -0.25) is 4.79 Å². The largest absolute Gasteiger partial charge is 0.356 e. The molecular weight excluding hydrogens is 453 g/mol. The van der Waals surface area contributed by atoms with Crippen molar-refractivity contribution in [2.75, 3.05) is 23.3 Å². The highest BCUT2D eigenvalue weighted by Crippen LogP contribution is 2.28. The summed E-state index contributed by atoms with van der Waals surface area (Å²) in [5, 5.41) is 8.40. The molecule has 1 N–H and O–H groups in total. The number of nitrogens with zero attached hydrogens (tertiary/aromatic N) is 4. The first-order valence-corrected chi connectivity index (χ1v) is 11.7. The lowest BCUT2D eigenvalue weighted by Gasteiger charge is -2.33. The van der Waals surface area contributed by atoms with Crippen LogP contribution >= 0.6 is 11.6 Å². The number of hydrogen-bond acceptors (Lipinski definition) is 4. The van der Waals surface area contributed by atoms with Crippen LogP contribution < -0.4 is 10.2 Å². The average Bonchev–Trinajstić information content (AvgIpc) is 3.25. The van der Waals surface area contributed by atoms with Gasteiger partial charge in [-0.1, -0.05) is 17.7 Å². The number of aromatic nitrogens is 3. The first-order chi connectivity index (χ1) is 16.4. The standard InChI is InChI=1S/C26H25ClFN5O/c1-16-3-6-20(27)14-22(16)30-26(34)19-9-11-32(12-10-19)25-13-17(2)29-24-15-23(31-33(24)25)18-4-7-21(28)8-5-18/h3-8,13-15,19H,9-12H2,1-2H3,(H,30,34). The van der Waals surface area contributed by atoms with E-state index in [0.29, 0.717) is 5.02 Å². The summed E-state index contributed by atoms with van der Waals surface area (Å²) in [5.74, 6) is 0.624. The van der Waals surface area contributed by atoms with Gasteiger partial charge in [0, 0.05) is 53.1 Å². The van der Waals surface area contributed by atoms with E-state index in [-0.39, 0.29) is 17.6 Å². The predicted octanol–water partition coefficient (Wildman–Crippen LogP) is 5.66. The molecule has 0 bridgehead atoms. The summed E-state index contributed by atoms with van der Waals surface area (Å²) in [6.07, 6.45) is 1.47. The van der Waals surface area contributed by atoms with Gasteiger partial charge in [0.15, 0.2) is 5.65 Å². The highest BCUT2D eigenvalue weighted by atomic mass is 35.5. The molecule has 0 spiro atoms. The minimum absolute atomic E-state index is 0.0266. The molecule has 2 aromatic heterocycles. The molecule has 0 atom stereocenters. The fourth-order valence-electron chi connectivity index (χ4n) is 4.40. The summed E-state index contributed by atoms with van der Waals surface area (Å²) in [4.78, 5) is 19.8. The van der Waals surface area contributed by atoms with Crippen LogP contribution in [0.1, 0.15) is 24.1 Å². The number of carbonyl (C=O) groups is 1. The quantitative estimate of drug-likeness (QED) is 0.412. The summed E-state index contributed by atoms with van der Waals surface area (Å²) in [7, 11) is 0. The summed E-state index contributed by atoms with van der Waals surface area (Å²) in [6.45, 7) is 5.38. The maximum atomic E-state index is 13.3. The molecule has 1 amide bonds. The number of amides is 1. The second-order valence-corrected chi connectivity index (χ2v) is 9.21. The first kappa shape index (κ1) is 22.3. The highest BCUT2D eigenvalue weighted by molar-refractivity contribution is 6.31. The van der Waals surface area contributed by atoms with Crippen LogP contribution in [-0.2, 0) is 4.79 Å². The van der Waals surface area contributed by atoms with Crippen molar-refractivity contribution in [1.29, 1.82) is 0 Å². The SMILES string of the molecule is Cc1cc(N2CCC(C(=O)Nc3cc(Cl)ccc3C)CC2)n2nc(-c3ccc(F)cc3)cc2n1. The van der Waals surface area contributed by atoms with E-state index in [0.717, 1.165) is 65.6 Å². The summed E-state index contributed by atoms with van der Waals surface area (Å²) < 4.78 is 15.2. The third-order valence-electron chi connectivity index (χ3n) is 6.32. The zero-order valence-corrected chi connectivity index (χ0v) is 19.8. The van der Waals surface area contributed by atoms with Crippen LogP contribution in [0.4, 0.5) is 15.9 Å². The van der Waals surface area contributed by atoms with Gasteiger partial charge in [0.1, 0.15) is 11.6 Å². The Morgan fingerprint density at radius 3 is 2.53 bits per heavy atom. The number of nitrogens with one attached hydrogen (secondary N) is 1. The van der Waals surface area contributed by atoms with Crippen molar-refractivity contribution < 1.29 is 9.18 Å². The molecule has 6 nitrogen and oxygen atoms in total. The minimum Gasteiger partial charge on any atom is -0.356 e. The fourth-order valence-corrected chi connectivity index (χ4v) is 4.57. The lowest BCUT2D eigenvalue weighted by Crippen LogP contribution is -2.39. The third-order valence-corrected chi connectivity index (χ3v) is 6.56. The van der Waals surface area contributed by atoms with E-state index in [1.807, 2.05) is 42.6 Å². The summed E-state index contributed by atoms with van der Waals surface area (Å²) >= 11 is 6.09. The zero-order valence-electron chi connectivity index (χ0n) is 19.1. The van der Waals surface area contributed by atoms with Crippen molar-refractivity contribution >= 4 is 34.7 Å². The maximum Gasteiger partial charge on any atom is 0.227 e. The Labute approximate surface area is 202 Å². The second kappa shape index (κ2) is 9.06. The zero-order chi connectivity index (χ0) is 23.8. The van der Waals surface area contributed by atoms with Gasteiger partial charge in [0.25, 0.3) is 0 Å².